The molecule has 3 rings (SSSR count). The van der Waals surface area contributed by atoms with Crippen molar-refractivity contribution < 1.29 is 18.7 Å². The average molecular weight is 392 g/mol. The predicted octanol–water partition coefficient (Wildman–Crippen LogP) is 2.48. The molecule has 0 unspecified atom stereocenters. The van der Waals surface area contributed by atoms with Gasteiger partial charge in [-0.3, -0.25) is 14.6 Å². The van der Waals surface area contributed by atoms with Gasteiger partial charge in [0.2, 0.25) is 11.7 Å². The van der Waals surface area contributed by atoms with Gasteiger partial charge in [0.1, 0.15) is 0 Å². The molecule has 1 aromatic carbocycles. The lowest BCUT2D eigenvalue weighted by Crippen LogP contribution is -2.48. The summed E-state index contributed by atoms with van der Waals surface area (Å²) >= 11 is 6.07. The minimum atomic E-state index is -0.468. The minimum Gasteiger partial charge on any atom is -0.463 e. The Morgan fingerprint density at radius 1 is 1.15 bits per heavy atom. The van der Waals surface area contributed by atoms with Gasteiger partial charge in [-0.1, -0.05) is 23.7 Å². The summed E-state index contributed by atoms with van der Waals surface area (Å²) in [5, 5.41) is 3.37. The Kier molecular flexibility index (Phi) is 6.49. The summed E-state index contributed by atoms with van der Waals surface area (Å²) in [5.74, 6) is -0.303. The van der Waals surface area contributed by atoms with Crippen LogP contribution in [0.2, 0.25) is 5.02 Å². The second-order valence-corrected chi connectivity index (χ2v) is 6.75. The first-order valence-corrected chi connectivity index (χ1v) is 9.08. The zero-order valence-electron chi connectivity index (χ0n) is 15.1. The number of nitrogens with zero attached hydrogens (tertiary/aromatic N) is 2. The molecule has 0 saturated carbocycles. The number of halogens is 1. The van der Waals surface area contributed by atoms with Crippen molar-refractivity contribution in [3.8, 4) is 0 Å². The van der Waals surface area contributed by atoms with Crippen molar-refractivity contribution in [3.63, 3.8) is 0 Å². The molecular formula is C19H22ClN3O4. The average Bonchev–Trinajstić information content (AvgIpc) is 3.13. The van der Waals surface area contributed by atoms with Crippen LogP contribution < -0.4 is 5.32 Å². The molecule has 1 aromatic heterocycles. The van der Waals surface area contributed by atoms with E-state index in [-0.39, 0.29) is 11.7 Å². The fourth-order valence-electron chi connectivity index (χ4n) is 3.03. The molecule has 1 fully saturated rings. The second kappa shape index (κ2) is 9.03. The van der Waals surface area contributed by atoms with Crippen molar-refractivity contribution in [1.82, 2.24) is 9.80 Å². The number of hydrogen-bond donors (Lipinski definition) is 1. The summed E-state index contributed by atoms with van der Waals surface area (Å²) in [4.78, 5) is 28.2. The Balaban J connectivity index is 1.46. The monoisotopic (exact) mass is 391 g/mol. The number of ether oxygens (including phenoxy) is 1. The van der Waals surface area contributed by atoms with Crippen molar-refractivity contribution in [1.29, 1.82) is 0 Å². The van der Waals surface area contributed by atoms with E-state index in [0.29, 0.717) is 23.8 Å². The third-order valence-corrected chi connectivity index (χ3v) is 4.82. The van der Waals surface area contributed by atoms with Crippen molar-refractivity contribution in [2.75, 3.05) is 45.2 Å². The van der Waals surface area contributed by atoms with Crippen LogP contribution in [0.3, 0.4) is 0 Å². The molecule has 1 aliphatic rings. The fourth-order valence-corrected chi connectivity index (χ4v) is 3.22. The number of para-hydroxylation sites is 1. The fraction of sp³-hybridized carbons (Fsp3) is 0.368. The van der Waals surface area contributed by atoms with E-state index in [2.05, 4.69) is 15.1 Å². The van der Waals surface area contributed by atoms with E-state index in [4.69, 9.17) is 20.8 Å². The van der Waals surface area contributed by atoms with Crippen LogP contribution in [0.4, 0.5) is 5.69 Å². The van der Waals surface area contributed by atoms with E-state index < -0.39 is 5.97 Å². The Hall–Kier alpha value is -2.35. The molecule has 8 heteroatoms. The summed E-state index contributed by atoms with van der Waals surface area (Å²) < 4.78 is 9.95. The van der Waals surface area contributed by atoms with Gasteiger partial charge in [-0.05, 0) is 18.2 Å². The zero-order chi connectivity index (χ0) is 19.2. The van der Waals surface area contributed by atoms with E-state index in [1.807, 2.05) is 12.1 Å². The maximum absolute atomic E-state index is 12.2. The molecule has 144 valence electrons. The van der Waals surface area contributed by atoms with Gasteiger partial charge in [0.25, 0.3) is 0 Å². The van der Waals surface area contributed by atoms with Gasteiger partial charge in [0.05, 0.1) is 30.6 Å². The Labute approximate surface area is 162 Å². The molecule has 7 nitrogen and oxygen atoms in total. The van der Waals surface area contributed by atoms with Crippen LogP contribution in [0.25, 0.3) is 0 Å². The summed E-state index contributed by atoms with van der Waals surface area (Å²) in [6.07, 6.45) is 1.50. The standard InChI is InChI=1S/C19H22ClN3O4/c1-26-19(25)18-14(6-11-27-18)12-22-7-9-23(10-8-22)13-17(24)21-16-5-3-2-4-15(16)20/h2-6,11H,7-10,12-13H2,1H3,(H,21,24). The molecule has 1 N–H and O–H groups in total. The number of methoxy groups -OCH3 is 1. The Morgan fingerprint density at radius 2 is 1.85 bits per heavy atom. The Morgan fingerprint density at radius 3 is 2.56 bits per heavy atom. The van der Waals surface area contributed by atoms with Gasteiger partial charge < -0.3 is 14.5 Å². The molecule has 0 radical (unpaired) electrons. The van der Waals surface area contributed by atoms with Gasteiger partial charge >= 0.3 is 5.97 Å². The lowest BCUT2D eigenvalue weighted by Gasteiger charge is -2.34. The van der Waals surface area contributed by atoms with Crippen molar-refractivity contribution >= 4 is 29.2 Å². The highest BCUT2D eigenvalue weighted by molar-refractivity contribution is 6.33. The van der Waals surface area contributed by atoms with Crippen molar-refractivity contribution in [2.24, 2.45) is 0 Å². The summed E-state index contributed by atoms with van der Waals surface area (Å²) in [7, 11) is 1.33. The number of hydrogen-bond acceptors (Lipinski definition) is 6. The van der Waals surface area contributed by atoms with Crippen LogP contribution >= 0.6 is 11.6 Å². The number of benzene rings is 1. The van der Waals surface area contributed by atoms with Gasteiger partial charge in [0.15, 0.2) is 0 Å². The van der Waals surface area contributed by atoms with E-state index in [0.717, 1.165) is 31.7 Å². The molecule has 1 aliphatic heterocycles. The van der Waals surface area contributed by atoms with Gasteiger partial charge in [0, 0.05) is 38.3 Å². The number of carbonyl (C=O) groups is 2. The van der Waals surface area contributed by atoms with Crippen LogP contribution in [0.1, 0.15) is 16.1 Å². The maximum Gasteiger partial charge on any atom is 0.374 e. The SMILES string of the molecule is COC(=O)c1occc1CN1CCN(CC(=O)Nc2ccccc2Cl)CC1. The van der Waals surface area contributed by atoms with Gasteiger partial charge in [-0.15, -0.1) is 0 Å². The molecule has 0 atom stereocenters. The highest BCUT2D eigenvalue weighted by Crippen LogP contribution is 2.20. The van der Waals surface area contributed by atoms with Crippen molar-refractivity contribution in [2.45, 2.75) is 6.54 Å². The lowest BCUT2D eigenvalue weighted by molar-refractivity contribution is -0.117. The third-order valence-electron chi connectivity index (χ3n) is 4.49. The van der Waals surface area contributed by atoms with Crippen LogP contribution in [0.15, 0.2) is 41.0 Å². The molecule has 1 saturated heterocycles. The quantitative estimate of drug-likeness (QED) is 0.762. The van der Waals surface area contributed by atoms with E-state index in [1.165, 1.54) is 13.4 Å². The van der Waals surface area contributed by atoms with Gasteiger partial charge in [-0.25, -0.2) is 4.79 Å². The lowest BCUT2D eigenvalue weighted by atomic mass is 10.2. The largest absolute Gasteiger partial charge is 0.463 e. The maximum atomic E-state index is 12.2. The Bertz CT molecular complexity index is 800. The number of rotatable bonds is 6. The number of piperazine rings is 1. The second-order valence-electron chi connectivity index (χ2n) is 6.35. The molecule has 0 aliphatic carbocycles. The van der Waals surface area contributed by atoms with E-state index >= 15 is 0 Å². The molecule has 0 bridgehead atoms. The highest BCUT2D eigenvalue weighted by Gasteiger charge is 2.22. The predicted molar refractivity (Wildman–Crippen MR) is 102 cm³/mol. The molecule has 27 heavy (non-hydrogen) atoms. The number of amides is 1. The summed E-state index contributed by atoms with van der Waals surface area (Å²) in [5.41, 5.74) is 1.44. The highest BCUT2D eigenvalue weighted by atomic mass is 35.5. The first-order valence-electron chi connectivity index (χ1n) is 8.70. The smallest absolute Gasteiger partial charge is 0.374 e. The first kappa shape index (κ1) is 19.4. The molecular weight excluding hydrogens is 370 g/mol. The van der Waals surface area contributed by atoms with Crippen LogP contribution in [-0.2, 0) is 16.1 Å². The molecule has 2 heterocycles. The van der Waals surface area contributed by atoms with E-state index in [1.54, 1.807) is 18.2 Å². The number of nitrogens with one attached hydrogen (secondary N) is 1. The number of anilines is 1. The van der Waals surface area contributed by atoms with E-state index in [9.17, 15) is 9.59 Å². The van der Waals surface area contributed by atoms with Gasteiger partial charge in [-0.2, -0.15) is 0 Å². The molecule has 0 spiro atoms. The number of carbonyl (C=O) groups excluding carboxylic acids is 2. The first-order chi connectivity index (χ1) is 13.1. The van der Waals surface area contributed by atoms with Crippen LogP contribution in [0, 0.1) is 0 Å². The summed E-state index contributed by atoms with van der Waals surface area (Å²) in [6.45, 7) is 4.05. The van der Waals surface area contributed by atoms with Crippen LogP contribution in [-0.4, -0.2) is 61.5 Å². The third kappa shape index (κ3) is 5.09. The number of esters is 1. The molecule has 2 aromatic rings. The molecule has 1 amide bonds. The minimum absolute atomic E-state index is 0.0839. The summed E-state index contributed by atoms with van der Waals surface area (Å²) in [6, 6.07) is 8.97. The van der Waals surface area contributed by atoms with Crippen LogP contribution in [0.5, 0.6) is 0 Å². The zero-order valence-corrected chi connectivity index (χ0v) is 15.9. The number of furan rings is 1. The normalized spacial score (nSPS) is 15.5. The van der Waals surface area contributed by atoms with Crippen molar-refractivity contribution in [3.05, 3.63) is 52.9 Å². The topological polar surface area (TPSA) is 75.0 Å².